The van der Waals surface area contributed by atoms with Crippen molar-refractivity contribution in [3.05, 3.63) is 117 Å². The zero-order valence-electron chi connectivity index (χ0n) is 24.7. The molecule has 0 fully saturated rings. The molecule has 4 aromatic rings. The van der Waals surface area contributed by atoms with Crippen LogP contribution in [0.2, 0.25) is 0 Å². The van der Waals surface area contributed by atoms with Crippen LogP contribution in [0.25, 0.3) is 11.1 Å². The van der Waals surface area contributed by atoms with E-state index < -0.39 is 17.0 Å². The van der Waals surface area contributed by atoms with E-state index in [-0.39, 0.29) is 18.1 Å². The summed E-state index contributed by atoms with van der Waals surface area (Å²) >= 11 is 0. The molecule has 4 aromatic carbocycles. The Labute approximate surface area is 241 Å². The number of phenolic OH excluding ortho intramolecular Hbond substituents is 1. The molecule has 1 N–H and O–H groups in total. The maximum absolute atomic E-state index is 14.9. The van der Waals surface area contributed by atoms with Crippen molar-refractivity contribution in [2.24, 2.45) is 0 Å². The van der Waals surface area contributed by atoms with Gasteiger partial charge >= 0.3 is 5.97 Å². The topological polar surface area (TPSA) is 72.8 Å². The molecule has 0 spiro atoms. The third-order valence-corrected chi connectivity index (χ3v) is 7.71. The van der Waals surface area contributed by atoms with Gasteiger partial charge in [0.15, 0.2) is 12.4 Å². The maximum Gasteiger partial charge on any atom is 0.344 e. The summed E-state index contributed by atoms with van der Waals surface area (Å²) in [5, 5.41) is 10.7. The molecule has 5 rings (SSSR count). The molecule has 41 heavy (non-hydrogen) atoms. The van der Waals surface area contributed by atoms with Gasteiger partial charge in [-0.2, -0.15) is 0 Å². The lowest BCUT2D eigenvalue weighted by atomic mass is 9.59. The van der Waals surface area contributed by atoms with Gasteiger partial charge in [-0.3, -0.25) is 4.79 Å². The monoisotopic (exact) mass is 548 g/mol. The van der Waals surface area contributed by atoms with E-state index in [4.69, 9.17) is 9.47 Å². The van der Waals surface area contributed by atoms with E-state index in [0.717, 1.165) is 38.9 Å². The number of Topliss-reactive ketones (excluding diaryl/α,β-unsaturated/α-hetero) is 1. The van der Waals surface area contributed by atoms with Crippen LogP contribution in [0.15, 0.2) is 72.8 Å². The molecule has 0 heterocycles. The van der Waals surface area contributed by atoms with E-state index in [1.165, 1.54) is 0 Å². The van der Waals surface area contributed by atoms with Gasteiger partial charge in [-0.1, -0.05) is 72.8 Å². The molecular formula is C36H36O5. The van der Waals surface area contributed by atoms with Crippen LogP contribution >= 0.6 is 0 Å². The summed E-state index contributed by atoms with van der Waals surface area (Å²) in [6.45, 7) is 12.8. The van der Waals surface area contributed by atoms with Gasteiger partial charge in [0.25, 0.3) is 0 Å². The molecule has 1 unspecified atom stereocenters. The van der Waals surface area contributed by atoms with Gasteiger partial charge < -0.3 is 14.6 Å². The number of ether oxygens (including phenoxy) is 2. The lowest BCUT2D eigenvalue weighted by Gasteiger charge is -2.40. The van der Waals surface area contributed by atoms with Crippen LogP contribution in [-0.2, 0) is 14.9 Å². The predicted molar refractivity (Wildman–Crippen MR) is 161 cm³/mol. The van der Waals surface area contributed by atoms with Gasteiger partial charge in [0.2, 0.25) is 0 Å². The number of carbonyl (C=O) groups excluding carboxylic acids is 2. The Balaban J connectivity index is 1.75. The summed E-state index contributed by atoms with van der Waals surface area (Å²) in [5.74, 6) is 0.335. The Bertz CT molecular complexity index is 1640. The Morgan fingerprint density at radius 3 is 1.80 bits per heavy atom. The van der Waals surface area contributed by atoms with E-state index in [1.54, 1.807) is 0 Å². The van der Waals surface area contributed by atoms with Crippen molar-refractivity contribution in [2.45, 2.75) is 59.5 Å². The molecule has 210 valence electrons. The predicted octanol–water partition coefficient (Wildman–Crippen LogP) is 7.54. The van der Waals surface area contributed by atoms with E-state index in [2.05, 4.69) is 6.07 Å². The zero-order valence-corrected chi connectivity index (χ0v) is 24.7. The quantitative estimate of drug-likeness (QED) is 0.261. The minimum Gasteiger partial charge on any atom is -0.507 e. The number of aromatic hydroxyl groups is 1. The fourth-order valence-corrected chi connectivity index (χ4v) is 6.09. The van der Waals surface area contributed by atoms with Crippen molar-refractivity contribution < 1.29 is 24.2 Å². The van der Waals surface area contributed by atoms with Gasteiger partial charge in [0.05, 0.1) is 0 Å². The Kier molecular flexibility index (Phi) is 7.02. The number of fused-ring (bicyclic) bond motifs is 3. The van der Waals surface area contributed by atoms with Gasteiger partial charge in [0.1, 0.15) is 22.5 Å². The van der Waals surface area contributed by atoms with Gasteiger partial charge in [-0.25, -0.2) is 4.79 Å². The van der Waals surface area contributed by atoms with E-state index >= 15 is 0 Å². The average Bonchev–Trinajstić information content (AvgIpc) is 2.90. The second-order valence-electron chi connectivity index (χ2n) is 11.9. The van der Waals surface area contributed by atoms with E-state index in [9.17, 15) is 14.7 Å². The highest BCUT2D eigenvalue weighted by Crippen LogP contribution is 2.52. The molecule has 1 aliphatic rings. The molecule has 5 heteroatoms. The number of aryl methyl sites for hydroxylation is 4. The fraction of sp³-hybridized carbons (Fsp3) is 0.278. The van der Waals surface area contributed by atoms with Crippen LogP contribution in [-0.4, -0.2) is 29.1 Å². The molecule has 1 atom stereocenters. The number of benzene rings is 4. The van der Waals surface area contributed by atoms with E-state index in [1.807, 2.05) is 115 Å². The summed E-state index contributed by atoms with van der Waals surface area (Å²) in [4.78, 5) is 27.3. The lowest BCUT2D eigenvalue weighted by molar-refractivity contribution is -0.157. The molecule has 0 bridgehead atoms. The van der Waals surface area contributed by atoms with Gasteiger partial charge in [-0.05, 0) is 98.5 Å². The van der Waals surface area contributed by atoms with Crippen LogP contribution in [0, 0.1) is 27.7 Å². The van der Waals surface area contributed by atoms with Crippen LogP contribution in [0.1, 0.15) is 70.1 Å². The maximum atomic E-state index is 14.9. The van der Waals surface area contributed by atoms with Gasteiger partial charge in [0, 0.05) is 5.56 Å². The number of ketones is 1. The first-order valence-electron chi connectivity index (χ1n) is 13.9. The normalized spacial score (nSPS) is 16.1. The third kappa shape index (κ3) is 4.80. The molecule has 5 nitrogen and oxygen atoms in total. The highest BCUT2D eigenvalue weighted by molar-refractivity contribution is 6.16. The largest absolute Gasteiger partial charge is 0.507 e. The first-order valence-corrected chi connectivity index (χ1v) is 13.9. The van der Waals surface area contributed by atoms with Crippen molar-refractivity contribution in [3.8, 4) is 22.6 Å². The number of rotatable bonds is 5. The average molecular weight is 549 g/mol. The number of carbonyl (C=O) groups is 2. The molecule has 0 saturated heterocycles. The zero-order chi connectivity index (χ0) is 29.7. The molecular weight excluding hydrogens is 512 g/mol. The van der Waals surface area contributed by atoms with E-state index in [0.29, 0.717) is 22.4 Å². The van der Waals surface area contributed by atoms with Crippen LogP contribution < -0.4 is 4.74 Å². The smallest absolute Gasteiger partial charge is 0.344 e. The third-order valence-electron chi connectivity index (χ3n) is 7.71. The number of hydrogen-bond donors (Lipinski definition) is 1. The Morgan fingerprint density at radius 2 is 1.24 bits per heavy atom. The first kappa shape index (κ1) is 28.2. The fourth-order valence-electron chi connectivity index (χ4n) is 6.09. The number of hydrogen-bond acceptors (Lipinski definition) is 5. The van der Waals surface area contributed by atoms with Gasteiger partial charge in [-0.15, -0.1) is 0 Å². The highest BCUT2D eigenvalue weighted by atomic mass is 16.6. The molecule has 0 aromatic heterocycles. The van der Waals surface area contributed by atoms with Crippen molar-refractivity contribution in [1.82, 2.24) is 0 Å². The summed E-state index contributed by atoms with van der Waals surface area (Å²) in [6.07, 6.45) is 0. The first-order chi connectivity index (χ1) is 19.3. The molecule has 0 aliphatic heterocycles. The van der Waals surface area contributed by atoms with Crippen LogP contribution in [0.5, 0.6) is 11.5 Å². The number of esters is 1. The minimum absolute atomic E-state index is 0.0301. The lowest BCUT2D eigenvalue weighted by Crippen LogP contribution is -2.42. The molecule has 0 saturated carbocycles. The molecule has 0 radical (unpaired) electrons. The summed E-state index contributed by atoms with van der Waals surface area (Å²) in [5.41, 5.74) is 6.26. The summed E-state index contributed by atoms with van der Waals surface area (Å²) in [6, 6.07) is 23.6. The van der Waals surface area contributed by atoms with Crippen LogP contribution in [0.3, 0.4) is 0 Å². The van der Waals surface area contributed by atoms with Crippen molar-refractivity contribution in [1.29, 1.82) is 0 Å². The highest BCUT2D eigenvalue weighted by Gasteiger charge is 2.49. The minimum atomic E-state index is -1.17. The second-order valence-corrected chi connectivity index (χ2v) is 11.9. The molecule has 0 amide bonds. The standard InChI is InChI=1S/C36H36O5/c1-21-16-25(17-22(2)32(21)38)36(30-15-11-10-13-28(30)27-12-8-9-14-29(27)34(36)39)26-18-23(3)33(24(4)19-26)40-20-31(37)41-35(5,6)7/h8-19,38H,20H2,1-7H3. The second kappa shape index (κ2) is 10.2. The Hall–Kier alpha value is -4.38. The SMILES string of the molecule is Cc1cc(C2(c3cc(C)c(OCC(=O)OC(C)(C)C)c(C)c3)C(=O)c3ccccc3-c3ccccc32)cc(C)c1O. The number of phenols is 1. The molecule has 1 aliphatic carbocycles. The summed E-state index contributed by atoms with van der Waals surface area (Å²) < 4.78 is 11.4. The van der Waals surface area contributed by atoms with Crippen molar-refractivity contribution in [3.63, 3.8) is 0 Å². The van der Waals surface area contributed by atoms with Crippen molar-refractivity contribution >= 4 is 11.8 Å². The Morgan fingerprint density at radius 1 is 0.756 bits per heavy atom. The van der Waals surface area contributed by atoms with Crippen LogP contribution in [0.4, 0.5) is 0 Å². The van der Waals surface area contributed by atoms with Crippen molar-refractivity contribution in [2.75, 3.05) is 6.61 Å². The summed E-state index contributed by atoms with van der Waals surface area (Å²) in [7, 11) is 0.